The van der Waals surface area contributed by atoms with Crippen LogP contribution in [0.2, 0.25) is 0 Å². The van der Waals surface area contributed by atoms with Gasteiger partial charge in [0.15, 0.2) is 0 Å². The van der Waals surface area contributed by atoms with E-state index in [1.807, 2.05) is 0 Å². The van der Waals surface area contributed by atoms with E-state index in [-0.39, 0.29) is 18.0 Å². The van der Waals surface area contributed by atoms with Gasteiger partial charge in [-0.1, -0.05) is 6.42 Å². The van der Waals surface area contributed by atoms with Gasteiger partial charge < -0.3 is 10.4 Å². The van der Waals surface area contributed by atoms with Gasteiger partial charge in [-0.3, -0.25) is 4.79 Å². The normalized spacial score (nSPS) is 22.3. The fourth-order valence-electron chi connectivity index (χ4n) is 2.47. The van der Waals surface area contributed by atoms with Gasteiger partial charge >= 0.3 is 6.18 Å². The number of rotatable bonds is 3. The standard InChI is InChI=1S/C14H15F4NO2/c15-11-5-9(4-10(6-11)14(16,17)18)13(21)19-7-8-2-1-3-12(8)20/h4-6,8,12,20H,1-3,7H2,(H,19,21). The predicted octanol–water partition coefficient (Wildman–Crippen LogP) is 2.74. The zero-order chi connectivity index (χ0) is 15.6. The fourth-order valence-corrected chi connectivity index (χ4v) is 2.47. The lowest BCUT2D eigenvalue weighted by molar-refractivity contribution is -0.137. The number of aliphatic hydroxyl groups is 1. The van der Waals surface area contributed by atoms with E-state index in [1.165, 1.54) is 0 Å². The molecule has 0 aliphatic heterocycles. The number of carbonyl (C=O) groups excluding carboxylic acids is 1. The number of hydrogen-bond donors (Lipinski definition) is 2. The molecule has 2 unspecified atom stereocenters. The fraction of sp³-hybridized carbons (Fsp3) is 0.500. The van der Waals surface area contributed by atoms with E-state index >= 15 is 0 Å². The van der Waals surface area contributed by atoms with E-state index in [1.54, 1.807) is 0 Å². The van der Waals surface area contributed by atoms with Crippen LogP contribution in [0.15, 0.2) is 18.2 Å². The van der Waals surface area contributed by atoms with E-state index in [0.29, 0.717) is 18.6 Å². The average molecular weight is 305 g/mol. The maximum Gasteiger partial charge on any atom is 0.416 e. The van der Waals surface area contributed by atoms with E-state index < -0.39 is 29.6 Å². The third kappa shape index (κ3) is 3.93. The maximum absolute atomic E-state index is 13.2. The Bertz CT molecular complexity index is 530. The van der Waals surface area contributed by atoms with Crippen molar-refractivity contribution in [3.63, 3.8) is 0 Å². The number of benzene rings is 1. The summed E-state index contributed by atoms with van der Waals surface area (Å²) in [7, 11) is 0. The number of alkyl halides is 3. The predicted molar refractivity (Wildman–Crippen MR) is 67.1 cm³/mol. The van der Waals surface area contributed by atoms with Crippen molar-refractivity contribution in [2.24, 2.45) is 5.92 Å². The SMILES string of the molecule is O=C(NCC1CCCC1O)c1cc(F)cc(C(F)(F)F)c1. The lowest BCUT2D eigenvalue weighted by atomic mass is 10.1. The summed E-state index contributed by atoms with van der Waals surface area (Å²) >= 11 is 0. The topological polar surface area (TPSA) is 49.3 Å². The third-order valence-corrected chi connectivity index (χ3v) is 3.63. The Labute approximate surface area is 119 Å². The largest absolute Gasteiger partial charge is 0.416 e. The summed E-state index contributed by atoms with van der Waals surface area (Å²) in [5.74, 6) is -2.00. The van der Waals surface area contributed by atoms with Crippen molar-refractivity contribution < 1.29 is 27.5 Å². The van der Waals surface area contributed by atoms with Crippen molar-refractivity contribution in [1.29, 1.82) is 0 Å². The Morgan fingerprint density at radius 3 is 2.57 bits per heavy atom. The summed E-state index contributed by atoms with van der Waals surface area (Å²) in [5, 5.41) is 12.1. The van der Waals surface area contributed by atoms with Crippen LogP contribution in [0.1, 0.15) is 35.2 Å². The Kier molecular flexibility index (Phi) is 4.51. The number of hydrogen-bond acceptors (Lipinski definition) is 2. The molecular weight excluding hydrogens is 290 g/mol. The first-order valence-corrected chi connectivity index (χ1v) is 6.61. The molecule has 1 amide bonds. The zero-order valence-electron chi connectivity index (χ0n) is 11.1. The van der Waals surface area contributed by atoms with Crippen molar-refractivity contribution in [2.75, 3.05) is 6.54 Å². The molecule has 0 aromatic heterocycles. The lowest BCUT2D eigenvalue weighted by Gasteiger charge is -2.15. The molecule has 0 saturated heterocycles. The molecular formula is C14H15F4NO2. The van der Waals surface area contributed by atoms with Crippen LogP contribution >= 0.6 is 0 Å². The second kappa shape index (κ2) is 6.01. The molecule has 2 N–H and O–H groups in total. The first-order valence-electron chi connectivity index (χ1n) is 6.61. The monoisotopic (exact) mass is 305 g/mol. The summed E-state index contributed by atoms with van der Waals surface area (Å²) in [6, 6.07) is 1.72. The molecule has 2 atom stereocenters. The zero-order valence-corrected chi connectivity index (χ0v) is 11.1. The highest BCUT2D eigenvalue weighted by Gasteiger charge is 2.32. The summed E-state index contributed by atoms with van der Waals surface area (Å²) < 4.78 is 50.9. The van der Waals surface area contributed by atoms with E-state index in [0.717, 1.165) is 18.9 Å². The Morgan fingerprint density at radius 2 is 2.00 bits per heavy atom. The molecule has 7 heteroatoms. The molecule has 1 fully saturated rings. The van der Waals surface area contributed by atoms with Crippen LogP contribution in [0, 0.1) is 11.7 Å². The van der Waals surface area contributed by atoms with Crippen LogP contribution < -0.4 is 5.32 Å². The van der Waals surface area contributed by atoms with Gasteiger partial charge in [0.1, 0.15) is 5.82 Å². The highest BCUT2D eigenvalue weighted by molar-refractivity contribution is 5.94. The maximum atomic E-state index is 13.2. The smallest absolute Gasteiger partial charge is 0.393 e. The van der Waals surface area contributed by atoms with Crippen LogP contribution in [-0.2, 0) is 6.18 Å². The number of carbonyl (C=O) groups is 1. The van der Waals surface area contributed by atoms with Crippen LogP contribution in [0.25, 0.3) is 0 Å². The summed E-state index contributed by atoms with van der Waals surface area (Å²) in [6.07, 6.45) is -2.97. The number of nitrogens with one attached hydrogen (secondary N) is 1. The van der Waals surface area contributed by atoms with Gasteiger partial charge in [0, 0.05) is 18.0 Å². The van der Waals surface area contributed by atoms with E-state index in [2.05, 4.69) is 5.32 Å². The Hall–Kier alpha value is -1.63. The minimum absolute atomic E-state index is 0.107. The second-order valence-corrected chi connectivity index (χ2v) is 5.19. The molecule has 116 valence electrons. The highest BCUT2D eigenvalue weighted by Crippen LogP contribution is 2.30. The van der Waals surface area contributed by atoms with E-state index in [9.17, 15) is 27.5 Å². The first-order chi connectivity index (χ1) is 9.77. The molecule has 1 saturated carbocycles. The van der Waals surface area contributed by atoms with Crippen LogP contribution in [0.5, 0.6) is 0 Å². The van der Waals surface area contributed by atoms with Crippen molar-refractivity contribution in [3.05, 3.63) is 35.1 Å². The molecule has 1 aliphatic rings. The van der Waals surface area contributed by atoms with Crippen molar-refractivity contribution in [2.45, 2.75) is 31.5 Å². The minimum Gasteiger partial charge on any atom is -0.393 e. The van der Waals surface area contributed by atoms with Gasteiger partial charge in [0.05, 0.1) is 11.7 Å². The van der Waals surface area contributed by atoms with Gasteiger partial charge in [-0.05, 0) is 31.0 Å². The lowest BCUT2D eigenvalue weighted by Crippen LogP contribution is -2.32. The van der Waals surface area contributed by atoms with Gasteiger partial charge in [-0.15, -0.1) is 0 Å². The number of halogens is 4. The molecule has 1 aromatic rings. The summed E-state index contributed by atoms with van der Waals surface area (Å²) in [5.41, 5.74) is -1.58. The van der Waals surface area contributed by atoms with Gasteiger partial charge in [0.25, 0.3) is 5.91 Å². The molecule has 3 nitrogen and oxygen atoms in total. The number of aliphatic hydroxyl groups excluding tert-OH is 1. The molecule has 2 rings (SSSR count). The van der Waals surface area contributed by atoms with Crippen molar-refractivity contribution >= 4 is 5.91 Å². The quantitative estimate of drug-likeness (QED) is 0.844. The van der Waals surface area contributed by atoms with Gasteiger partial charge in [0.2, 0.25) is 0 Å². The molecule has 21 heavy (non-hydrogen) atoms. The van der Waals surface area contributed by atoms with Crippen molar-refractivity contribution in [1.82, 2.24) is 5.32 Å². The van der Waals surface area contributed by atoms with Crippen LogP contribution in [-0.4, -0.2) is 23.7 Å². The summed E-state index contributed by atoms with van der Waals surface area (Å²) in [6.45, 7) is 0.165. The van der Waals surface area contributed by atoms with Gasteiger partial charge in [-0.2, -0.15) is 13.2 Å². The third-order valence-electron chi connectivity index (χ3n) is 3.63. The van der Waals surface area contributed by atoms with Crippen molar-refractivity contribution in [3.8, 4) is 0 Å². The second-order valence-electron chi connectivity index (χ2n) is 5.19. The Balaban J connectivity index is 2.07. The molecule has 0 bridgehead atoms. The van der Waals surface area contributed by atoms with Crippen LogP contribution in [0.3, 0.4) is 0 Å². The minimum atomic E-state index is -4.71. The molecule has 1 aliphatic carbocycles. The Morgan fingerprint density at radius 1 is 1.29 bits per heavy atom. The molecule has 1 aromatic carbocycles. The van der Waals surface area contributed by atoms with Crippen LogP contribution in [0.4, 0.5) is 17.6 Å². The summed E-state index contributed by atoms with van der Waals surface area (Å²) in [4.78, 5) is 11.8. The average Bonchev–Trinajstić information content (AvgIpc) is 2.79. The molecule has 0 heterocycles. The molecule has 0 spiro atoms. The molecule has 0 radical (unpaired) electrons. The van der Waals surface area contributed by atoms with Gasteiger partial charge in [-0.25, -0.2) is 4.39 Å². The first kappa shape index (κ1) is 15.8. The number of amides is 1. The highest BCUT2D eigenvalue weighted by atomic mass is 19.4. The van der Waals surface area contributed by atoms with E-state index in [4.69, 9.17) is 0 Å².